The second-order valence-electron chi connectivity index (χ2n) is 6.89. The van der Waals surface area contributed by atoms with Crippen molar-refractivity contribution in [2.45, 2.75) is 25.7 Å². The van der Waals surface area contributed by atoms with E-state index in [2.05, 4.69) is 26.3 Å². The Morgan fingerprint density at radius 1 is 1.19 bits per heavy atom. The van der Waals surface area contributed by atoms with Crippen LogP contribution in [0.3, 0.4) is 0 Å². The molecule has 0 saturated carbocycles. The maximum Gasteiger partial charge on any atom is 0.266 e. The second kappa shape index (κ2) is 5.97. The first-order valence-electron chi connectivity index (χ1n) is 8.89. The number of benzene rings is 1. The highest BCUT2D eigenvalue weighted by molar-refractivity contribution is 5.92. The van der Waals surface area contributed by atoms with Gasteiger partial charge in [-0.3, -0.25) is 9.78 Å². The number of nitrogens with zero attached hydrogens (tertiary/aromatic N) is 4. The molecule has 0 aliphatic heterocycles. The minimum atomic E-state index is -2.61. The fourth-order valence-electron chi connectivity index (χ4n) is 3.93. The molecule has 136 valence electrons. The number of aromatic nitrogens is 5. The number of nitrogens with one attached hydrogen (secondary N) is 1. The van der Waals surface area contributed by atoms with Gasteiger partial charge in [-0.25, -0.2) is 13.8 Å². The van der Waals surface area contributed by atoms with Crippen LogP contribution in [0.2, 0.25) is 0 Å². The topological polar surface area (TPSA) is 59.4 Å². The van der Waals surface area contributed by atoms with E-state index in [0.717, 1.165) is 36.0 Å². The number of aryl methyl sites for hydroxylation is 2. The smallest absolute Gasteiger partial charge is 0.266 e. The molecule has 27 heavy (non-hydrogen) atoms. The first-order chi connectivity index (χ1) is 13.1. The van der Waals surface area contributed by atoms with E-state index in [1.54, 1.807) is 10.9 Å². The van der Waals surface area contributed by atoms with Gasteiger partial charge >= 0.3 is 0 Å². The Morgan fingerprint density at radius 3 is 2.85 bits per heavy atom. The monoisotopic (exact) mass is 365 g/mol. The Balaban J connectivity index is 1.78. The molecule has 5 nitrogen and oxygen atoms in total. The summed E-state index contributed by atoms with van der Waals surface area (Å²) in [6.45, 7) is 0. The van der Waals surface area contributed by atoms with Gasteiger partial charge in [0, 0.05) is 29.9 Å². The van der Waals surface area contributed by atoms with Crippen molar-refractivity contribution in [3.8, 4) is 22.5 Å². The number of H-pyrrole nitrogens is 1. The predicted molar refractivity (Wildman–Crippen MR) is 98.5 cm³/mol. The zero-order chi connectivity index (χ0) is 18.5. The number of pyridine rings is 1. The van der Waals surface area contributed by atoms with Gasteiger partial charge in [-0.2, -0.15) is 10.2 Å². The van der Waals surface area contributed by atoms with Crippen molar-refractivity contribution in [2.24, 2.45) is 7.05 Å². The van der Waals surface area contributed by atoms with Crippen LogP contribution >= 0.6 is 0 Å². The summed E-state index contributed by atoms with van der Waals surface area (Å²) in [5.41, 5.74) is 5.95. The van der Waals surface area contributed by atoms with Crippen molar-refractivity contribution in [3.05, 3.63) is 53.3 Å². The van der Waals surface area contributed by atoms with Gasteiger partial charge in [-0.1, -0.05) is 18.2 Å². The van der Waals surface area contributed by atoms with Crippen molar-refractivity contribution in [1.82, 2.24) is 25.0 Å². The van der Waals surface area contributed by atoms with Crippen LogP contribution in [0.4, 0.5) is 8.78 Å². The first kappa shape index (κ1) is 16.1. The largest absolute Gasteiger partial charge is 0.276 e. The van der Waals surface area contributed by atoms with Gasteiger partial charge < -0.3 is 0 Å². The number of alkyl halides is 2. The molecule has 0 saturated heterocycles. The van der Waals surface area contributed by atoms with Crippen LogP contribution in [-0.2, 0) is 19.9 Å². The van der Waals surface area contributed by atoms with Crippen molar-refractivity contribution in [2.75, 3.05) is 0 Å². The Morgan fingerprint density at radius 2 is 2.07 bits per heavy atom. The second-order valence-corrected chi connectivity index (χ2v) is 6.89. The fourth-order valence-corrected chi connectivity index (χ4v) is 3.93. The standard InChI is InChI=1S/C20H17F2N5/c1-27-10-12(9-23-27)17-19-16(25-26-17)8-15(20(21)22)18(24-19)14-7-3-5-11-4-2-6-13(11)14/h3,5,7-10,20H,2,4,6H2,1H3,(H,25,26). The van der Waals surface area contributed by atoms with Crippen molar-refractivity contribution in [3.63, 3.8) is 0 Å². The molecule has 1 aliphatic carbocycles. The minimum Gasteiger partial charge on any atom is -0.276 e. The summed E-state index contributed by atoms with van der Waals surface area (Å²) < 4.78 is 29.4. The zero-order valence-electron chi connectivity index (χ0n) is 14.7. The summed E-state index contributed by atoms with van der Waals surface area (Å²) >= 11 is 0. The lowest BCUT2D eigenvalue weighted by molar-refractivity contribution is 0.152. The molecule has 3 heterocycles. The van der Waals surface area contributed by atoms with Crippen LogP contribution in [0.15, 0.2) is 36.7 Å². The van der Waals surface area contributed by atoms with Crippen LogP contribution in [0.25, 0.3) is 33.5 Å². The molecule has 5 rings (SSSR count). The summed E-state index contributed by atoms with van der Waals surface area (Å²) in [6.07, 6.45) is 3.85. The normalized spacial score (nSPS) is 13.6. The van der Waals surface area contributed by atoms with Gasteiger partial charge in [-0.15, -0.1) is 0 Å². The maximum atomic E-state index is 13.8. The molecular formula is C20H17F2N5. The molecule has 0 amide bonds. The van der Waals surface area contributed by atoms with Crippen molar-refractivity contribution < 1.29 is 8.78 Å². The van der Waals surface area contributed by atoms with E-state index in [0.29, 0.717) is 22.4 Å². The minimum absolute atomic E-state index is 0.0656. The summed E-state index contributed by atoms with van der Waals surface area (Å²) in [6, 6.07) is 7.38. The number of fused-ring (bicyclic) bond motifs is 2. The average Bonchev–Trinajstić information content (AvgIpc) is 3.38. The van der Waals surface area contributed by atoms with Gasteiger partial charge in [0.15, 0.2) is 0 Å². The predicted octanol–water partition coefficient (Wildman–Crippen LogP) is 4.45. The molecule has 1 aliphatic rings. The van der Waals surface area contributed by atoms with Crippen LogP contribution in [0.5, 0.6) is 0 Å². The molecule has 0 radical (unpaired) electrons. The van der Waals surface area contributed by atoms with Gasteiger partial charge in [0.1, 0.15) is 11.2 Å². The summed E-state index contributed by atoms with van der Waals surface area (Å²) in [5.74, 6) is 0. The number of hydrogen-bond acceptors (Lipinski definition) is 3. The average molecular weight is 365 g/mol. The number of hydrogen-bond donors (Lipinski definition) is 1. The third-order valence-electron chi connectivity index (χ3n) is 5.18. The molecular weight excluding hydrogens is 348 g/mol. The van der Waals surface area contributed by atoms with Gasteiger partial charge in [-0.05, 0) is 36.5 Å². The van der Waals surface area contributed by atoms with E-state index >= 15 is 0 Å². The number of aromatic amines is 1. The van der Waals surface area contributed by atoms with E-state index in [1.165, 1.54) is 11.6 Å². The van der Waals surface area contributed by atoms with E-state index in [-0.39, 0.29) is 5.56 Å². The van der Waals surface area contributed by atoms with Crippen LogP contribution in [-0.4, -0.2) is 25.0 Å². The van der Waals surface area contributed by atoms with Crippen molar-refractivity contribution >= 4 is 11.0 Å². The SMILES string of the molecule is Cn1cc(-c2n[nH]c3cc(C(F)F)c(-c4cccc5c4CCC5)nc23)cn1. The maximum absolute atomic E-state index is 13.8. The van der Waals surface area contributed by atoms with Gasteiger partial charge in [0.05, 0.1) is 17.4 Å². The zero-order valence-corrected chi connectivity index (χ0v) is 14.7. The van der Waals surface area contributed by atoms with Crippen LogP contribution < -0.4 is 0 Å². The number of halogens is 2. The van der Waals surface area contributed by atoms with Crippen molar-refractivity contribution in [1.29, 1.82) is 0 Å². The summed E-state index contributed by atoms with van der Waals surface area (Å²) in [7, 11) is 1.82. The molecule has 0 unspecified atom stereocenters. The quantitative estimate of drug-likeness (QED) is 0.583. The summed E-state index contributed by atoms with van der Waals surface area (Å²) in [5, 5.41) is 11.3. The summed E-state index contributed by atoms with van der Waals surface area (Å²) in [4.78, 5) is 4.68. The van der Waals surface area contributed by atoms with Crippen LogP contribution in [0.1, 0.15) is 29.5 Å². The highest BCUT2D eigenvalue weighted by Crippen LogP contribution is 2.38. The first-order valence-corrected chi connectivity index (χ1v) is 8.89. The fraction of sp³-hybridized carbons (Fsp3) is 0.250. The van der Waals surface area contributed by atoms with E-state index < -0.39 is 6.43 Å². The molecule has 4 aromatic rings. The Bertz CT molecular complexity index is 1160. The lowest BCUT2D eigenvalue weighted by Crippen LogP contribution is -1.98. The molecule has 1 aromatic carbocycles. The third-order valence-corrected chi connectivity index (χ3v) is 5.18. The van der Waals surface area contributed by atoms with E-state index in [9.17, 15) is 8.78 Å². The van der Waals surface area contributed by atoms with Crippen LogP contribution in [0, 0.1) is 0 Å². The molecule has 0 atom stereocenters. The Hall–Kier alpha value is -3.09. The lowest BCUT2D eigenvalue weighted by Gasteiger charge is -2.13. The number of rotatable bonds is 3. The van der Waals surface area contributed by atoms with Gasteiger partial charge in [0.25, 0.3) is 6.43 Å². The third kappa shape index (κ3) is 2.53. The molecule has 0 spiro atoms. The molecule has 7 heteroatoms. The van der Waals surface area contributed by atoms with E-state index in [4.69, 9.17) is 0 Å². The molecule has 0 bridgehead atoms. The molecule has 1 N–H and O–H groups in total. The lowest BCUT2D eigenvalue weighted by atomic mass is 9.97. The highest BCUT2D eigenvalue weighted by atomic mass is 19.3. The Kier molecular flexibility index (Phi) is 3.56. The van der Waals surface area contributed by atoms with E-state index in [1.807, 2.05) is 25.4 Å². The Labute approximate surface area is 154 Å². The molecule has 0 fully saturated rings. The molecule has 3 aromatic heterocycles. The van der Waals surface area contributed by atoms with Gasteiger partial charge in [0.2, 0.25) is 0 Å². The highest BCUT2D eigenvalue weighted by Gasteiger charge is 2.24.